The van der Waals surface area contributed by atoms with Gasteiger partial charge in [-0.1, -0.05) is 66.7 Å². The zero-order valence-electron chi connectivity index (χ0n) is 34.0. The van der Waals surface area contributed by atoms with Gasteiger partial charge in [-0.15, -0.1) is 0 Å². The molecule has 16 nitrogen and oxygen atoms in total. The summed E-state index contributed by atoms with van der Waals surface area (Å²) in [5.41, 5.74) is 5.88. The van der Waals surface area contributed by atoms with Gasteiger partial charge in [-0.3, -0.25) is 14.6 Å². The number of rotatable bonds is 11. The molecule has 4 amide bonds. The normalized spacial score (nSPS) is 17.8. The van der Waals surface area contributed by atoms with Crippen molar-refractivity contribution in [3.05, 3.63) is 115 Å². The molecule has 0 bridgehead atoms. The van der Waals surface area contributed by atoms with E-state index < -0.39 is 36.3 Å². The number of hydrogen-bond donors (Lipinski definition) is 5. The number of imidazole rings is 2. The van der Waals surface area contributed by atoms with Crippen molar-refractivity contribution in [2.45, 2.75) is 62.9 Å². The van der Waals surface area contributed by atoms with Crippen molar-refractivity contribution >= 4 is 34.8 Å². The first kappa shape index (κ1) is 40.7. The Labute approximate surface area is 351 Å². The minimum atomic E-state index is -1.14. The number of ether oxygens (including phenoxy) is 2. The van der Waals surface area contributed by atoms with Gasteiger partial charge in [0.25, 0.3) is 5.91 Å². The van der Waals surface area contributed by atoms with Crippen molar-refractivity contribution in [1.29, 1.82) is 0 Å². The molecule has 0 unspecified atom stereocenters. The van der Waals surface area contributed by atoms with Gasteiger partial charge in [0.2, 0.25) is 5.91 Å². The van der Waals surface area contributed by atoms with E-state index >= 15 is 0 Å². The maximum absolute atomic E-state index is 13.9. The number of nitrogens with zero attached hydrogens (tertiary/aromatic N) is 5. The fourth-order valence-electron chi connectivity index (χ4n) is 8.25. The second-order valence-corrected chi connectivity index (χ2v) is 15.3. The number of benzene rings is 3. The van der Waals surface area contributed by atoms with Gasteiger partial charge in [0.1, 0.15) is 23.7 Å². The number of pyridine rings is 1. The topological polar surface area (TPSA) is 208 Å². The maximum atomic E-state index is 13.9. The van der Waals surface area contributed by atoms with E-state index in [1.54, 1.807) is 22.2 Å². The quantitative estimate of drug-likeness (QED) is 0.0998. The van der Waals surface area contributed by atoms with Crippen molar-refractivity contribution in [2.75, 3.05) is 27.3 Å². The highest BCUT2D eigenvalue weighted by molar-refractivity contribution is 5.90. The number of nitrogens with one attached hydrogen (secondary N) is 4. The van der Waals surface area contributed by atoms with E-state index in [4.69, 9.17) is 14.7 Å². The van der Waals surface area contributed by atoms with E-state index in [0.29, 0.717) is 36.7 Å². The number of amides is 4. The third kappa shape index (κ3) is 8.52. The molecule has 3 aromatic heterocycles. The summed E-state index contributed by atoms with van der Waals surface area (Å²) in [6, 6.07) is 22.7. The highest BCUT2D eigenvalue weighted by atomic mass is 16.5. The molecule has 61 heavy (non-hydrogen) atoms. The van der Waals surface area contributed by atoms with Gasteiger partial charge >= 0.3 is 12.2 Å². The number of likely N-dealkylation sites (tertiary alicyclic amines) is 2. The van der Waals surface area contributed by atoms with Gasteiger partial charge in [-0.25, -0.2) is 19.6 Å². The molecule has 2 saturated heterocycles. The molecule has 8 rings (SSSR count). The SMILES string of the molecule is COC(=O)N[C@H](C(=O)N1CCC[C@H]1c1ncc(-c2ccc(-c3cc4ccc(-c5cnc([C@@H]6CCCN6C(=O)[C@H](NC(=O)OC)c6ccccc6)[nH]5)cc4cn3)cc2)[nH]1)[C@@H](C)O. The summed E-state index contributed by atoms with van der Waals surface area (Å²) in [4.78, 5) is 75.8. The standard InChI is InChI=1S/C45H47N9O7/c1-26(55)38(51-44(58)60-2)42(56)53-19-7-11-36(53)40-47-24-34(49-40)28-15-13-27(14-16-28)33-22-30-17-18-31(21-32(30)23-46-33)35-25-48-41(50-35)37-12-8-20-54(37)43(57)39(52-45(59)61-3)29-9-5-4-6-10-29/h4-6,9-10,13-18,21-26,36-39,55H,7-8,11-12,19-20H2,1-3H3,(H,47,49)(H,48,50)(H,51,58)(H,52,59)/t26-,36+,37+,38+,39-/m1/s1. The summed E-state index contributed by atoms with van der Waals surface area (Å²) in [6.07, 6.45) is 5.79. The third-order valence-corrected chi connectivity index (χ3v) is 11.5. The second kappa shape index (κ2) is 17.6. The molecule has 0 aliphatic carbocycles. The highest BCUT2D eigenvalue weighted by Crippen LogP contribution is 2.36. The third-order valence-electron chi connectivity index (χ3n) is 11.5. The summed E-state index contributed by atoms with van der Waals surface area (Å²) in [5.74, 6) is 0.690. The van der Waals surface area contributed by atoms with E-state index in [9.17, 15) is 24.3 Å². The molecule has 5 N–H and O–H groups in total. The summed E-state index contributed by atoms with van der Waals surface area (Å²) in [6.45, 7) is 2.47. The van der Waals surface area contributed by atoms with Crippen LogP contribution in [0.3, 0.4) is 0 Å². The average Bonchev–Trinajstić information content (AvgIpc) is 4.14. The number of methoxy groups -OCH3 is 2. The zero-order chi connectivity index (χ0) is 42.6. The van der Waals surface area contributed by atoms with Gasteiger partial charge in [0.15, 0.2) is 0 Å². The Balaban J connectivity index is 0.943. The number of aliphatic hydroxyl groups is 1. The molecule has 0 radical (unpaired) electrons. The van der Waals surface area contributed by atoms with Gasteiger partial charge in [0.05, 0.1) is 61.9 Å². The van der Waals surface area contributed by atoms with Crippen LogP contribution in [0.25, 0.3) is 44.5 Å². The first-order valence-electron chi connectivity index (χ1n) is 20.3. The van der Waals surface area contributed by atoms with Gasteiger partial charge in [-0.2, -0.15) is 0 Å². The van der Waals surface area contributed by atoms with Crippen molar-refractivity contribution in [2.24, 2.45) is 0 Å². The summed E-state index contributed by atoms with van der Waals surface area (Å²) in [5, 5.41) is 17.4. The maximum Gasteiger partial charge on any atom is 0.407 e. The molecule has 2 aliphatic heterocycles. The molecule has 0 spiro atoms. The van der Waals surface area contributed by atoms with Crippen molar-refractivity contribution in [3.8, 4) is 33.8 Å². The van der Waals surface area contributed by atoms with Crippen molar-refractivity contribution in [1.82, 2.24) is 45.4 Å². The average molecular weight is 826 g/mol. The summed E-state index contributed by atoms with van der Waals surface area (Å²) in [7, 11) is 2.48. The predicted molar refractivity (Wildman–Crippen MR) is 225 cm³/mol. The second-order valence-electron chi connectivity index (χ2n) is 15.3. The number of carbonyl (C=O) groups excluding carboxylic acids is 4. The molecule has 3 aromatic carbocycles. The smallest absolute Gasteiger partial charge is 0.407 e. The number of carbonyl (C=O) groups is 4. The van der Waals surface area contributed by atoms with E-state index in [2.05, 4.69) is 48.5 Å². The Bertz CT molecular complexity index is 2540. The summed E-state index contributed by atoms with van der Waals surface area (Å²) >= 11 is 0. The van der Waals surface area contributed by atoms with Gasteiger partial charge in [0, 0.05) is 35.8 Å². The first-order chi connectivity index (χ1) is 29.6. The summed E-state index contributed by atoms with van der Waals surface area (Å²) < 4.78 is 9.48. The van der Waals surface area contributed by atoms with Crippen LogP contribution in [0.5, 0.6) is 0 Å². The molecule has 0 saturated carbocycles. The lowest BCUT2D eigenvalue weighted by Gasteiger charge is -2.29. The van der Waals surface area contributed by atoms with Gasteiger partial charge in [-0.05, 0) is 61.3 Å². The van der Waals surface area contributed by atoms with Crippen LogP contribution in [-0.2, 0) is 19.1 Å². The van der Waals surface area contributed by atoms with Gasteiger partial charge < -0.3 is 45.0 Å². The van der Waals surface area contributed by atoms with E-state index in [-0.39, 0.29) is 18.0 Å². The Hall–Kier alpha value is -7.07. The van der Waals surface area contributed by atoms with Crippen LogP contribution in [0.15, 0.2) is 97.5 Å². The van der Waals surface area contributed by atoms with E-state index in [1.807, 2.05) is 66.9 Å². The van der Waals surface area contributed by atoms with Crippen LogP contribution < -0.4 is 10.6 Å². The number of aliphatic hydroxyl groups excluding tert-OH is 1. The lowest BCUT2D eigenvalue weighted by molar-refractivity contribution is -0.137. The number of aromatic amines is 2. The molecule has 6 aromatic rings. The number of hydrogen-bond acceptors (Lipinski definition) is 10. The Morgan fingerprint density at radius 1 is 0.689 bits per heavy atom. The van der Waals surface area contributed by atoms with Crippen LogP contribution >= 0.6 is 0 Å². The molecule has 314 valence electrons. The lowest BCUT2D eigenvalue weighted by Crippen LogP contribution is -2.53. The molecule has 2 aliphatic rings. The largest absolute Gasteiger partial charge is 0.453 e. The number of H-pyrrole nitrogens is 2. The molecular formula is C45H47N9O7. The fraction of sp³-hybridized carbons (Fsp3) is 0.311. The number of alkyl carbamates (subject to hydrolysis) is 2. The number of fused-ring (bicyclic) bond motifs is 1. The fourth-order valence-corrected chi connectivity index (χ4v) is 8.25. The molecule has 16 heteroatoms. The Morgan fingerprint density at radius 3 is 1.89 bits per heavy atom. The van der Waals surface area contributed by atoms with Crippen LogP contribution in [-0.4, -0.2) is 103 Å². The first-order valence-corrected chi connectivity index (χ1v) is 20.3. The monoisotopic (exact) mass is 825 g/mol. The molecule has 5 heterocycles. The molecule has 2 fully saturated rings. The molecular weight excluding hydrogens is 779 g/mol. The van der Waals surface area contributed by atoms with Crippen molar-refractivity contribution in [3.63, 3.8) is 0 Å². The van der Waals surface area contributed by atoms with Crippen LogP contribution in [0.4, 0.5) is 9.59 Å². The minimum absolute atomic E-state index is 0.225. The number of aromatic nitrogens is 5. The lowest BCUT2D eigenvalue weighted by atomic mass is 10.0. The van der Waals surface area contributed by atoms with E-state index in [1.165, 1.54) is 21.1 Å². The van der Waals surface area contributed by atoms with Crippen LogP contribution in [0.1, 0.15) is 67.9 Å². The highest BCUT2D eigenvalue weighted by Gasteiger charge is 2.39. The Morgan fingerprint density at radius 2 is 1.26 bits per heavy atom. The predicted octanol–water partition coefficient (Wildman–Crippen LogP) is 6.21. The van der Waals surface area contributed by atoms with E-state index in [0.717, 1.165) is 63.8 Å². The van der Waals surface area contributed by atoms with Crippen molar-refractivity contribution < 1.29 is 33.8 Å². The van der Waals surface area contributed by atoms with Crippen LogP contribution in [0.2, 0.25) is 0 Å². The molecule has 5 atom stereocenters. The Kier molecular flexibility index (Phi) is 11.8. The van der Waals surface area contributed by atoms with Crippen LogP contribution in [0, 0.1) is 0 Å². The minimum Gasteiger partial charge on any atom is -0.453 e. The zero-order valence-corrected chi connectivity index (χ0v) is 34.0.